The monoisotopic (exact) mass is 322 g/mol. The van der Waals surface area contributed by atoms with Crippen molar-refractivity contribution in [3.8, 4) is 0 Å². The van der Waals surface area contributed by atoms with Crippen LogP contribution in [0.1, 0.15) is 5.56 Å². The third kappa shape index (κ3) is 2.31. The molecule has 1 aromatic rings. The molecule has 0 saturated carbocycles. The molecule has 3 heterocycles. The average molecular weight is 322 g/mol. The lowest BCUT2D eigenvalue weighted by Gasteiger charge is -2.35. The number of anilines is 2. The van der Waals surface area contributed by atoms with Gasteiger partial charge in [-0.15, -0.1) is 0 Å². The van der Waals surface area contributed by atoms with Crippen LogP contribution in [-0.4, -0.2) is 45.5 Å². The summed E-state index contributed by atoms with van der Waals surface area (Å²) in [5, 5.41) is 3.04. The van der Waals surface area contributed by atoms with E-state index in [0.717, 1.165) is 22.8 Å². The van der Waals surface area contributed by atoms with Crippen molar-refractivity contribution in [2.75, 3.05) is 35.1 Å². The first-order valence-electron chi connectivity index (χ1n) is 6.23. The van der Waals surface area contributed by atoms with Gasteiger partial charge in [-0.2, -0.15) is 13.2 Å². The van der Waals surface area contributed by atoms with Gasteiger partial charge in [0, 0.05) is 25.8 Å². The predicted octanol–water partition coefficient (Wildman–Crippen LogP) is 0.616. The second-order valence-corrected chi connectivity index (χ2v) is 6.86. The zero-order chi connectivity index (χ0) is 15.4. The van der Waals surface area contributed by atoms with Crippen molar-refractivity contribution < 1.29 is 21.6 Å². The van der Waals surface area contributed by atoms with Crippen LogP contribution in [0.3, 0.4) is 0 Å². The van der Waals surface area contributed by atoms with Gasteiger partial charge < -0.3 is 10.2 Å². The Labute approximate surface area is 119 Å². The molecular weight excluding hydrogens is 309 g/mol. The van der Waals surface area contributed by atoms with Crippen LogP contribution in [0.25, 0.3) is 0 Å². The largest absolute Gasteiger partial charge is 0.417 e. The second kappa shape index (κ2) is 4.47. The highest BCUT2D eigenvalue weighted by molar-refractivity contribution is 7.92. The molecule has 3 rings (SSSR count). The summed E-state index contributed by atoms with van der Waals surface area (Å²) >= 11 is 0. The molecule has 0 radical (unpaired) electrons. The molecular formula is C11H13F3N4O2S. The Morgan fingerprint density at radius 1 is 1.43 bits per heavy atom. The van der Waals surface area contributed by atoms with Gasteiger partial charge in [0.05, 0.1) is 17.5 Å². The summed E-state index contributed by atoms with van der Waals surface area (Å²) in [7, 11) is -3.70. The minimum absolute atomic E-state index is 0.0129. The van der Waals surface area contributed by atoms with Crippen molar-refractivity contribution in [2.24, 2.45) is 0 Å². The van der Waals surface area contributed by atoms with Crippen LogP contribution in [-0.2, 0) is 16.2 Å². The Kier molecular flexibility index (Phi) is 3.06. The van der Waals surface area contributed by atoms with E-state index in [1.165, 1.54) is 0 Å². The van der Waals surface area contributed by atoms with Crippen molar-refractivity contribution in [3.63, 3.8) is 0 Å². The Bertz CT molecular complexity index is 677. The van der Waals surface area contributed by atoms with E-state index in [0.29, 0.717) is 19.6 Å². The van der Waals surface area contributed by atoms with Crippen LogP contribution in [0.5, 0.6) is 0 Å². The number of piperazine rings is 1. The molecule has 6 nitrogen and oxygen atoms in total. The first kappa shape index (κ1) is 14.4. The van der Waals surface area contributed by atoms with E-state index in [-0.39, 0.29) is 11.5 Å². The number of hydrogen-bond donors (Lipinski definition) is 1. The minimum atomic E-state index is -4.56. The molecule has 2 aliphatic rings. The van der Waals surface area contributed by atoms with Crippen molar-refractivity contribution >= 4 is 21.5 Å². The number of nitrogens with one attached hydrogen (secondary N) is 1. The first-order valence-corrected chi connectivity index (χ1v) is 8.08. The van der Waals surface area contributed by atoms with E-state index >= 15 is 0 Å². The smallest absolute Gasteiger partial charge is 0.331 e. The molecule has 0 amide bonds. The number of fused-ring (bicyclic) bond motifs is 3. The Morgan fingerprint density at radius 2 is 2.14 bits per heavy atom. The van der Waals surface area contributed by atoms with E-state index in [2.05, 4.69) is 10.3 Å². The van der Waals surface area contributed by atoms with E-state index in [1.807, 2.05) is 0 Å². The quantitative estimate of drug-likeness (QED) is 0.821. The van der Waals surface area contributed by atoms with Crippen LogP contribution < -0.4 is 14.5 Å². The van der Waals surface area contributed by atoms with Crippen LogP contribution in [0.4, 0.5) is 24.7 Å². The lowest BCUT2D eigenvalue weighted by molar-refractivity contribution is -0.137. The lowest BCUT2D eigenvalue weighted by Crippen LogP contribution is -2.57. The van der Waals surface area contributed by atoms with E-state index in [9.17, 15) is 21.6 Å². The number of nitrogens with zero attached hydrogens (tertiary/aromatic N) is 3. The second-order valence-electron chi connectivity index (χ2n) is 5.00. The SMILES string of the molecule is CS(=O)(=O)N1c2cc(C(F)(F)F)cnc2N2CCNC[C@H]21. The van der Waals surface area contributed by atoms with Crippen molar-refractivity contribution in [3.05, 3.63) is 17.8 Å². The highest BCUT2D eigenvalue weighted by atomic mass is 32.2. The Hall–Kier alpha value is -1.55. The Morgan fingerprint density at radius 3 is 2.76 bits per heavy atom. The molecule has 1 atom stereocenters. The summed E-state index contributed by atoms with van der Waals surface area (Å²) < 4.78 is 63.4. The fourth-order valence-corrected chi connectivity index (χ4v) is 3.81. The normalized spacial score (nSPS) is 22.2. The van der Waals surface area contributed by atoms with Gasteiger partial charge in [0.15, 0.2) is 5.82 Å². The standard InChI is InChI=1S/C11H13F3N4O2S/c1-21(19,20)18-8-4-7(11(12,13)14)5-16-10(8)17-3-2-15-6-9(17)18/h4-5,9,15H,2-3,6H2,1H3/t9-/m1/s1. The summed E-state index contributed by atoms with van der Waals surface area (Å²) in [6.45, 7) is 1.45. The molecule has 0 bridgehead atoms. The topological polar surface area (TPSA) is 65.5 Å². The molecule has 1 fully saturated rings. The van der Waals surface area contributed by atoms with Crippen molar-refractivity contribution in [2.45, 2.75) is 12.3 Å². The fourth-order valence-electron chi connectivity index (χ4n) is 2.69. The number of rotatable bonds is 1. The van der Waals surface area contributed by atoms with Gasteiger partial charge in [-0.1, -0.05) is 0 Å². The van der Waals surface area contributed by atoms with Gasteiger partial charge in [-0.05, 0) is 6.07 Å². The summed E-state index contributed by atoms with van der Waals surface area (Å²) in [6.07, 6.45) is -3.41. The lowest BCUT2D eigenvalue weighted by atomic mass is 10.2. The first-order chi connectivity index (χ1) is 9.69. The summed E-state index contributed by atoms with van der Waals surface area (Å²) in [6, 6.07) is 0.849. The zero-order valence-corrected chi connectivity index (χ0v) is 11.9. The van der Waals surface area contributed by atoms with E-state index < -0.39 is 27.9 Å². The van der Waals surface area contributed by atoms with Crippen LogP contribution in [0.15, 0.2) is 12.3 Å². The highest BCUT2D eigenvalue weighted by Crippen LogP contribution is 2.42. The molecule has 0 aliphatic carbocycles. The number of alkyl halides is 3. The molecule has 10 heteroatoms. The predicted molar refractivity (Wildman–Crippen MR) is 70.6 cm³/mol. The molecule has 0 unspecified atom stereocenters. The minimum Gasteiger partial charge on any atom is -0.331 e. The highest BCUT2D eigenvalue weighted by Gasteiger charge is 2.44. The zero-order valence-electron chi connectivity index (χ0n) is 11.1. The number of pyridine rings is 1. The van der Waals surface area contributed by atoms with E-state index in [4.69, 9.17) is 0 Å². The number of hydrogen-bond acceptors (Lipinski definition) is 5. The van der Waals surface area contributed by atoms with Crippen LogP contribution >= 0.6 is 0 Å². The Balaban J connectivity index is 2.16. The number of sulfonamides is 1. The summed E-state index contributed by atoms with van der Waals surface area (Å²) in [5.41, 5.74) is -0.969. The van der Waals surface area contributed by atoms with Gasteiger partial charge in [0.1, 0.15) is 6.17 Å². The maximum absolute atomic E-state index is 12.8. The maximum atomic E-state index is 12.8. The molecule has 1 N–H and O–H groups in total. The third-order valence-corrected chi connectivity index (χ3v) is 4.68. The molecule has 0 aromatic carbocycles. The molecule has 1 aromatic heterocycles. The molecule has 1 saturated heterocycles. The summed E-state index contributed by atoms with van der Waals surface area (Å²) in [4.78, 5) is 5.56. The number of halogens is 3. The number of aromatic nitrogens is 1. The fraction of sp³-hybridized carbons (Fsp3) is 0.545. The van der Waals surface area contributed by atoms with Gasteiger partial charge in [-0.25, -0.2) is 17.7 Å². The van der Waals surface area contributed by atoms with Crippen molar-refractivity contribution in [1.29, 1.82) is 0 Å². The van der Waals surface area contributed by atoms with Gasteiger partial charge in [-0.3, -0.25) is 0 Å². The molecule has 116 valence electrons. The van der Waals surface area contributed by atoms with Gasteiger partial charge >= 0.3 is 6.18 Å². The van der Waals surface area contributed by atoms with Crippen molar-refractivity contribution in [1.82, 2.24) is 10.3 Å². The van der Waals surface area contributed by atoms with Crippen LogP contribution in [0, 0.1) is 0 Å². The van der Waals surface area contributed by atoms with E-state index in [1.54, 1.807) is 4.90 Å². The van der Waals surface area contributed by atoms with Gasteiger partial charge in [0.2, 0.25) is 10.0 Å². The molecule has 2 aliphatic heterocycles. The average Bonchev–Trinajstić information content (AvgIpc) is 2.70. The van der Waals surface area contributed by atoms with Gasteiger partial charge in [0.25, 0.3) is 0 Å². The van der Waals surface area contributed by atoms with Crippen LogP contribution in [0.2, 0.25) is 0 Å². The molecule has 21 heavy (non-hydrogen) atoms. The summed E-state index contributed by atoms with van der Waals surface area (Å²) in [5.74, 6) is 0.278. The third-order valence-electron chi connectivity index (χ3n) is 3.53. The molecule has 0 spiro atoms. The maximum Gasteiger partial charge on any atom is 0.417 e.